The zero-order valence-corrected chi connectivity index (χ0v) is 11.5. The zero-order valence-electron chi connectivity index (χ0n) is 11.5. The van der Waals surface area contributed by atoms with Gasteiger partial charge in [0.1, 0.15) is 5.69 Å². The second-order valence-electron chi connectivity index (χ2n) is 5.35. The van der Waals surface area contributed by atoms with Crippen molar-refractivity contribution in [3.63, 3.8) is 0 Å². The number of benzene rings is 1. The van der Waals surface area contributed by atoms with E-state index in [2.05, 4.69) is 4.98 Å². The Balaban J connectivity index is 1.98. The first-order valence-electron chi connectivity index (χ1n) is 7.19. The van der Waals surface area contributed by atoms with Gasteiger partial charge in [0.25, 0.3) is 5.91 Å². The number of likely N-dealkylation sites (tertiary alicyclic amines) is 1. The molecule has 1 fully saturated rings. The Hall–Kier alpha value is -2.10. The summed E-state index contributed by atoms with van der Waals surface area (Å²) >= 11 is 0. The van der Waals surface area contributed by atoms with E-state index in [-0.39, 0.29) is 5.91 Å². The van der Waals surface area contributed by atoms with Crippen molar-refractivity contribution in [3.05, 3.63) is 36.2 Å². The lowest BCUT2D eigenvalue weighted by Gasteiger charge is -2.20. The van der Waals surface area contributed by atoms with Crippen LogP contribution < -0.4 is 5.73 Å². The molecule has 3 rings (SSSR count). The number of nitrogens with two attached hydrogens (primary N) is 1. The molecule has 0 unspecified atom stereocenters. The molecular formula is C16H19N3O. The normalized spacial score (nSPS) is 16.1. The molecule has 0 radical (unpaired) electrons. The minimum Gasteiger partial charge on any atom is -0.399 e. The van der Waals surface area contributed by atoms with E-state index in [1.54, 1.807) is 6.20 Å². The van der Waals surface area contributed by atoms with Crippen molar-refractivity contribution in [1.29, 1.82) is 0 Å². The molecule has 1 aromatic heterocycles. The summed E-state index contributed by atoms with van der Waals surface area (Å²) in [4.78, 5) is 18.9. The Labute approximate surface area is 118 Å². The fourth-order valence-corrected chi connectivity index (χ4v) is 2.79. The number of anilines is 1. The molecule has 0 saturated carbocycles. The smallest absolute Gasteiger partial charge is 0.273 e. The van der Waals surface area contributed by atoms with Crippen LogP contribution in [0.15, 0.2) is 30.5 Å². The third-order valence-corrected chi connectivity index (χ3v) is 3.88. The van der Waals surface area contributed by atoms with E-state index >= 15 is 0 Å². The average molecular weight is 269 g/mol. The van der Waals surface area contributed by atoms with Crippen LogP contribution in [-0.4, -0.2) is 28.9 Å². The van der Waals surface area contributed by atoms with Gasteiger partial charge in [-0.25, -0.2) is 0 Å². The topological polar surface area (TPSA) is 59.2 Å². The Morgan fingerprint density at radius 2 is 1.85 bits per heavy atom. The van der Waals surface area contributed by atoms with E-state index in [1.165, 1.54) is 12.8 Å². The molecule has 2 heterocycles. The fourth-order valence-electron chi connectivity index (χ4n) is 2.79. The number of nitrogen functional groups attached to an aromatic ring is 1. The Kier molecular flexibility index (Phi) is 3.54. The highest BCUT2D eigenvalue weighted by atomic mass is 16.2. The van der Waals surface area contributed by atoms with E-state index in [0.29, 0.717) is 11.4 Å². The van der Waals surface area contributed by atoms with Crippen LogP contribution >= 0.6 is 0 Å². The number of hydrogen-bond donors (Lipinski definition) is 1. The van der Waals surface area contributed by atoms with Gasteiger partial charge < -0.3 is 10.6 Å². The molecule has 20 heavy (non-hydrogen) atoms. The lowest BCUT2D eigenvalue weighted by Crippen LogP contribution is -2.32. The number of hydrogen-bond acceptors (Lipinski definition) is 3. The number of nitrogens with zero attached hydrogens (tertiary/aromatic N) is 2. The van der Waals surface area contributed by atoms with Crippen LogP contribution in [-0.2, 0) is 0 Å². The van der Waals surface area contributed by atoms with Gasteiger partial charge in [-0.3, -0.25) is 9.78 Å². The standard InChI is InChI=1S/C16H19N3O/c17-13-5-6-14-12(11-13)7-8-18-15(14)16(20)19-9-3-1-2-4-10-19/h5-8,11H,1-4,9-10,17H2. The fraction of sp³-hybridized carbons (Fsp3) is 0.375. The molecule has 2 aromatic rings. The van der Waals surface area contributed by atoms with E-state index in [9.17, 15) is 4.79 Å². The Bertz CT molecular complexity index is 631. The van der Waals surface area contributed by atoms with E-state index in [0.717, 1.165) is 36.7 Å². The van der Waals surface area contributed by atoms with Crippen LogP contribution in [0, 0.1) is 0 Å². The first kappa shape index (κ1) is 12.9. The van der Waals surface area contributed by atoms with Crippen molar-refractivity contribution in [3.8, 4) is 0 Å². The molecule has 104 valence electrons. The molecule has 0 spiro atoms. The molecule has 1 aromatic carbocycles. The molecule has 0 bridgehead atoms. The van der Waals surface area contributed by atoms with Gasteiger partial charge in [-0.2, -0.15) is 0 Å². The van der Waals surface area contributed by atoms with Gasteiger partial charge >= 0.3 is 0 Å². The monoisotopic (exact) mass is 269 g/mol. The SMILES string of the molecule is Nc1ccc2c(C(=O)N3CCCCCC3)nccc2c1. The average Bonchev–Trinajstić information content (AvgIpc) is 2.74. The van der Waals surface area contributed by atoms with Crippen LogP contribution in [0.25, 0.3) is 10.8 Å². The first-order chi connectivity index (χ1) is 9.75. The van der Waals surface area contributed by atoms with Gasteiger partial charge in [0.05, 0.1) is 0 Å². The summed E-state index contributed by atoms with van der Waals surface area (Å²) in [6, 6.07) is 7.49. The van der Waals surface area contributed by atoms with Gasteiger partial charge in [0.2, 0.25) is 0 Å². The number of carbonyl (C=O) groups is 1. The van der Waals surface area contributed by atoms with Gasteiger partial charge in [-0.05, 0) is 42.5 Å². The molecule has 2 N–H and O–H groups in total. The van der Waals surface area contributed by atoms with Crippen LogP contribution in [0.3, 0.4) is 0 Å². The molecule has 0 atom stereocenters. The second-order valence-corrected chi connectivity index (χ2v) is 5.35. The molecule has 1 amide bonds. The highest BCUT2D eigenvalue weighted by molar-refractivity contribution is 6.05. The van der Waals surface area contributed by atoms with Gasteiger partial charge in [-0.1, -0.05) is 12.8 Å². The quantitative estimate of drug-likeness (QED) is 0.810. The molecule has 1 saturated heterocycles. The molecule has 4 nitrogen and oxygen atoms in total. The number of aromatic nitrogens is 1. The Morgan fingerprint density at radius 3 is 2.60 bits per heavy atom. The summed E-state index contributed by atoms with van der Waals surface area (Å²) in [5.74, 6) is 0.0438. The number of amides is 1. The summed E-state index contributed by atoms with van der Waals surface area (Å²) in [6.45, 7) is 1.68. The predicted molar refractivity (Wildman–Crippen MR) is 80.5 cm³/mol. The van der Waals surface area contributed by atoms with Crippen molar-refractivity contribution in [2.75, 3.05) is 18.8 Å². The summed E-state index contributed by atoms with van der Waals surface area (Å²) in [7, 11) is 0. The van der Waals surface area contributed by atoms with Crippen molar-refractivity contribution in [1.82, 2.24) is 9.88 Å². The van der Waals surface area contributed by atoms with Crippen LogP contribution in [0.2, 0.25) is 0 Å². The maximum absolute atomic E-state index is 12.7. The van der Waals surface area contributed by atoms with Crippen molar-refractivity contribution >= 4 is 22.4 Å². The van der Waals surface area contributed by atoms with Gasteiger partial charge in [-0.15, -0.1) is 0 Å². The lowest BCUT2D eigenvalue weighted by molar-refractivity contribution is 0.0758. The second kappa shape index (κ2) is 5.49. The molecular weight excluding hydrogens is 250 g/mol. The van der Waals surface area contributed by atoms with Crippen molar-refractivity contribution < 1.29 is 4.79 Å². The summed E-state index contributed by atoms with van der Waals surface area (Å²) in [6.07, 6.45) is 6.28. The zero-order chi connectivity index (χ0) is 13.9. The van der Waals surface area contributed by atoms with E-state index in [1.807, 2.05) is 29.2 Å². The van der Waals surface area contributed by atoms with Crippen molar-refractivity contribution in [2.45, 2.75) is 25.7 Å². The predicted octanol–water partition coefficient (Wildman–Crippen LogP) is 2.83. The van der Waals surface area contributed by atoms with Gasteiger partial charge in [0, 0.05) is 30.4 Å². The van der Waals surface area contributed by atoms with Crippen molar-refractivity contribution in [2.24, 2.45) is 0 Å². The largest absolute Gasteiger partial charge is 0.399 e. The molecule has 1 aliphatic rings. The maximum Gasteiger partial charge on any atom is 0.273 e. The van der Waals surface area contributed by atoms with E-state index in [4.69, 9.17) is 5.73 Å². The van der Waals surface area contributed by atoms with Crippen LogP contribution in [0.1, 0.15) is 36.2 Å². The minimum atomic E-state index is 0.0438. The summed E-state index contributed by atoms with van der Waals surface area (Å²) in [5.41, 5.74) is 7.05. The first-order valence-corrected chi connectivity index (χ1v) is 7.19. The maximum atomic E-state index is 12.7. The van der Waals surface area contributed by atoms with Gasteiger partial charge in [0.15, 0.2) is 0 Å². The molecule has 1 aliphatic heterocycles. The summed E-state index contributed by atoms with van der Waals surface area (Å²) in [5, 5.41) is 1.86. The number of rotatable bonds is 1. The molecule has 4 heteroatoms. The minimum absolute atomic E-state index is 0.0438. The van der Waals surface area contributed by atoms with Crippen LogP contribution in [0.5, 0.6) is 0 Å². The number of fused-ring (bicyclic) bond motifs is 1. The Morgan fingerprint density at radius 1 is 1.10 bits per heavy atom. The van der Waals surface area contributed by atoms with Crippen LogP contribution in [0.4, 0.5) is 5.69 Å². The van der Waals surface area contributed by atoms with E-state index < -0.39 is 0 Å². The molecule has 0 aliphatic carbocycles. The highest BCUT2D eigenvalue weighted by Gasteiger charge is 2.20. The lowest BCUT2D eigenvalue weighted by atomic mass is 10.1. The number of carbonyl (C=O) groups excluding carboxylic acids is 1. The summed E-state index contributed by atoms with van der Waals surface area (Å²) < 4.78 is 0. The highest BCUT2D eigenvalue weighted by Crippen LogP contribution is 2.22. The third-order valence-electron chi connectivity index (χ3n) is 3.88. The third kappa shape index (κ3) is 2.46. The number of pyridine rings is 1.